The first kappa shape index (κ1) is 16.5. The second kappa shape index (κ2) is 8.57. The lowest BCUT2D eigenvalue weighted by Gasteiger charge is -2.14. The average molecular weight is 368 g/mol. The zero-order valence-corrected chi connectivity index (χ0v) is 15.0. The van der Waals surface area contributed by atoms with Gasteiger partial charge in [-0.05, 0) is 45.9 Å². The van der Waals surface area contributed by atoms with Crippen molar-refractivity contribution in [2.45, 2.75) is 26.8 Å². The lowest BCUT2D eigenvalue weighted by Crippen LogP contribution is -2.19. The maximum absolute atomic E-state index is 6.02. The van der Waals surface area contributed by atoms with Crippen LogP contribution in [-0.2, 0) is 13.0 Å². The highest BCUT2D eigenvalue weighted by molar-refractivity contribution is 9.10. The number of para-hydroxylation sites is 1. The number of benzene rings is 1. The molecule has 4 heteroatoms. The number of rotatable bonds is 8. The molecule has 0 radical (unpaired) electrons. The maximum Gasteiger partial charge on any atom is 0.137 e. The van der Waals surface area contributed by atoms with Crippen LogP contribution in [0.15, 0.2) is 40.2 Å². The summed E-state index contributed by atoms with van der Waals surface area (Å²) < 4.78 is 7.04. The Hall–Kier alpha value is -0.840. The van der Waals surface area contributed by atoms with Crippen LogP contribution in [-0.4, -0.2) is 13.2 Å². The van der Waals surface area contributed by atoms with Gasteiger partial charge in [0, 0.05) is 23.4 Å². The van der Waals surface area contributed by atoms with E-state index in [1.807, 2.05) is 6.07 Å². The number of thiophene rings is 1. The summed E-state index contributed by atoms with van der Waals surface area (Å²) in [4.78, 5) is 1.36. The fourth-order valence-corrected chi connectivity index (χ4v) is 3.27. The van der Waals surface area contributed by atoms with Crippen molar-refractivity contribution in [3.8, 4) is 5.75 Å². The molecular weight excluding hydrogens is 346 g/mol. The molecule has 0 aliphatic carbocycles. The van der Waals surface area contributed by atoms with Gasteiger partial charge in [0.1, 0.15) is 5.75 Å². The van der Waals surface area contributed by atoms with E-state index in [1.165, 1.54) is 10.4 Å². The van der Waals surface area contributed by atoms with Crippen molar-refractivity contribution in [1.82, 2.24) is 5.32 Å². The molecule has 1 aromatic carbocycles. The highest BCUT2D eigenvalue weighted by atomic mass is 79.9. The Morgan fingerprint density at radius 2 is 2.10 bits per heavy atom. The standard InChI is InChI=1S/C17H22BrNOS/c1-13(2)11-19-12-14-5-3-7-16(18)17(14)20-9-8-15-6-4-10-21-15/h3-7,10,13,19H,8-9,11-12H2,1-2H3. The van der Waals surface area contributed by atoms with E-state index in [2.05, 4.69) is 64.7 Å². The van der Waals surface area contributed by atoms with Crippen LogP contribution in [0.1, 0.15) is 24.3 Å². The predicted molar refractivity (Wildman–Crippen MR) is 94.2 cm³/mol. The highest BCUT2D eigenvalue weighted by Crippen LogP contribution is 2.29. The van der Waals surface area contributed by atoms with Gasteiger partial charge in [0.2, 0.25) is 0 Å². The van der Waals surface area contributed by atoms with Crippen molar-refractivity contribution in [3.05, 3.63) is 50.6 Å². The van der Waals surface area contributed by atoms with Gasteiger partial charge in [0.15, 0.2) is 0 Å². The van der Waals surface area contributed by atoms with Gasteiger partial charge in [-0.2, -0.15) is 0 Å². The van der Waals surface area contributed by atoms with Gasteiger partial charge in [-0.25, -0.2) is 0 Å². The molecule has 0 bridgehead atoms. The molecule has 21 heavy (non-hydrogen) atoms. The first-order valence-corrected chi connectivity index (χ1v) is 8.97. The van der Waals surface area contributed by atoms with Crippen LogP contribution in [0.4, 0.5) is 0 Å². The summed E-state index contributed by atoms with van der Waals surface area (Å²) in [5.74, 6) is 1.62. The van der Waals surface area contributed by atoms with Crippen LogP contribution in [0.5, 0.6) is 5.75 Å². The molecule has 0 spiro atoms. The first-order chi connectivity index (χ1) is 10.2. The SMILES string of the molecule is CC(C)CNCc1cccc(Br)c1OCCc1cccs1. The van der Waals surface area contributed by atoms with Crippen LogP contribution in [0, 0.1) is 5.92 Å². The number of halogens is 1. The molecule has 2 rings (SSSR count). The van der Waals surface area contributed by atoms with E-state index >= 15 is 0 Å². The molecule has 2 aromatic rings. The Balaban J connectivity index is 1.93. The number of hydrogen-bond acceptors (Lipinski definition) is 3. The molecule has 1 N–H and O–H groups in total. The number of nitrogens with one attached hydrogen (secondary N) is 1. The molecule has 114 valence electrons. The largest absolute Gasteiger partial charge is 0.492 e. The lowest BCUT2D eigenvalue weighted by molar-refractivity contribution is 0.316. The van der Waals surface area contributed by atoms with Gasteiger partial charge in [0.25, 0.3) is 0 Å². The van der Waals surface area contributed by atoms with E-state index in [4.69, 9.17) is 4.74 Å². The first-order valence-electron chi connectivity index (χ1n) is 7.30. The fraction of sp³-hybridized carbons (Fsp3) is 0.412. The van der Waals surface area contributed by atoms with Gasteiger partial charge >= 0.3 is 0 Å². The van der Waals surface area contributed by atoms with Crippen LogP contribution in [0.2, 0.25) is 0 Å². The summed E-state index contributed by atoms with van der Waals surface area (Å²) in [5.41, 5.74) is 1.20. The zero-order chi connectivity index (χ0) is 15.1. The Bertz CT molecular complexity index is 540. The van der Waals surface area contributed by atoms with E-state index in [0.29, 0.717) is 12.5 Å². The van der Waals surface area contributed by atoms with Crippen molar-refractivity contribution in [1.29, 1.82) is 0 Å². The second-order valence-electron chi connectivity index (χ2n) is 5.43. The van der Waals surface area contributed by atoms with Crippen LogP contribution in [0.25, 0.3) is 0 Å². The maximum atomic E-state index is 6.02. The summed E-state index contributed by atoms with van der Waals surface area (Å²) in [7, 11) is 0. The molecule has 0 aliphatic rings. The predicted octanol–water partition coefficient (Wildman–Crippen LogP) is 4.88. The minimum Gasteiger partial charge on any atom is -0.492 e. The molecule has 0 unspecified atom stereocenters. The summed E-state index contributed by atoms with van der Waals surface area (Å²) in [6.07, 6.45) is 0.956. The van der Waals surface area contributed by atoms with Crippen molar-refractivity contribution in [2.75, 3.05) is 13.2 Å². The van der Waals surface area contributed by atoms with E-state index in [0.717, 1.165) is 29.7 Å². The number of ether oxygens (including phenoxy) is 1. The third-order valence-corrected chi connectivity index (χ3v) is 4.65. The fourth-order valence-electron chi connectivity index (χ4n) is 2.06. The Morgan fingerprint density at radius 3 is 2.81 bits per heavy atom. The minimum absolute atomic E-state index is 0.653. The highest BCUT2D eigenvalue weighted by Gasteiger charge is 2.08. The van der Waals surface area contributed by atoms with Crippen molar-refractivity contribution >= 4 is 27.3 Å². The molecule has 0 saturated heterocycles. The Morgan fingerprint density at radius 1 is 1.24 bits per heavy atom. The average Bonchev–Trinajstić information content (AvgIpc) is 2.94. The Kier molecular flexibility index (Phi) is 6.74. The topological polar surface area (TPSA) is 21.3 Å². The molecule has 0 aliphatic heterocycles. The minimum atomic E-state index is 0.653. The van der Waals surface area contributed by atoms with Crippen LogP contribution >= 0.6 is 27.3 Å². The second-order valence-corrected chi connectivity index (χ2v) is 7.32. The molecule has 0 amide bonds. The molecular formula is C17H22BrNOS. The monoisotopic (exact) mass is 367 g/mol. The van der Waals surface area contributed by atoms with Crippen molar-refractivity contribution in [3.63, 3.8) is 0 Å². The quantitative estimate of drug-likeness (QED) is 0.717. The smallest absolute Gasteiger partial charge is 0.137 e. The third-order valence-electron chi connectivity index (χ3n) is 3.09. The lowest BCUT2D eigenvalue weighted by atomic mass is 10.2. The zero-order valence-electron chi connectivity index (χ0n) is 12.6. The molecule has 2 nitrogen and oxygen atoms in total. The van der Waals surface area contributed by atoms with Crippen LogP contribution < -0.4 is 10.1 Å². The molecule has 1 heterocycles. The van der Waals surface area contributed by atoms with E-state index in [9.17, 15) is 0 Å². The summed E-state index contributed by atoms with van der Waals surface area (Å²) in [6.45, 7) is 6.99. The van der Waals surface area contributed by atoms with Gasteiger partial charge in [-0.1, -0.05) is 32.0 Å². The van der Waals surface area contributed by atoms with E-state index in [-0.39, 0.29) is 0 Å². The van der Waals surface area contributed by atoms with Gasteiger partial charge in [-0.3, -0.25) is 0 Å². The van der Waals surface area contributed by atoms with Crippen molar-refractivity contribution < 1.29 is 4.74 Å². The van der Waals surface area contributed by atoms with Gasteiger partial charge < -0.3 is 10.1 Å². The number of hydrogen-bond donors (Lipinski definition) is 1. The Labute approximate surface area is 139 Å². The summed E-state index contributed by atoms with van der Waals surface area (Å²) >= 11 is 5.38. The van der Waals surface area contributed by atoms with E-state index < -0.39 is 0 Å². The van der Waals surface area contributed by atoms with Crippen molar-refractivity contribution in [2.24, 2.45) is 5.92 Å². The van der Waals surface area contributed by atoms with Crippen LogP contribution in [0.3, 0.4) is 0 Å². The van der Waals surface area contributed by atoms with E-state index in [1.54, 1.807) is 11.3 Å². The van der Waals surface area contributed by atoms with Gasteiger partial charge in [0.05, 0.1) is 11.1 Å². The summed E-state index contributed by atoms with van der Waals surface area (Å²) in [5, 5.41) is 5.58. The summed E-state index contributed by atoms with van der Waals surface area (Å²) in [6, 6.07) is 10.5. The normalized spacial score (nSPS) is 11.0. The molecule has 0 fully saturated rings. The molecule has 0 atom stereocenters. The van der Waals surface area contributed by atoms with Gasteiger partial charge in [-0.15, -0.1) is 11.3 Å². The third kappa shape index (κ3) is 5.46. The molecule has 1 aromatic heterocycles. The molecule has 0 saturated carbocycles.